The summed E-state index contributed by atoms with van der Waals surface area (Å²) in [4.78, 5) is 14.2. The number of nitrogens with zero attached hydrogens (tertiary/aromatic N) is 3. The van der Waals surface area contributed by atoms with Gasteiger partial charge in [0.1, 0.15) is 11.6 Å². The topological polar surface area (TPSA) is 82.1 Å². The Hall–Kier alpha value is -2.33. The van der Waals surface area contributed by atoms with Gasteiger partial charge in [-0.25, -0.2) is 22.6 Å². The number of carbonyl (C=O) groups excluding carboxylic acids is 1. The molecule has 0 unspecified atom stereocenters. The first kappa shape index (κ1) is 22.0. The van der Waals surface area contributed by atoms with Crippen molar-refractivity contribution < 1.29 is 22.0 Å². The monoisotopic (exact) mass is 414 g/mol. The normalized spacial score (nSPS) is 16.8. The predicted octanol–water partition coefficient (Wildman–Crippen LogP) is 1.78. The van der Waals surface area contributed by atoms with Crippen LogP contribution < -0.4 is 5.43 Å². The Morgan fingerprint density at radius 3 is 2.21 bits per heavy atom. The second-order valence-electron chi connectivity index (χ2n) is 6.56. The number of hydrogen-bond acceptors (Lipinski definition) is 5. The third-order valence-corrected chi connectivity index (χ3v) is 6.53. The lowest BCUT2D eigenvalue weighted by Crippen LogP contribution is -2.48. The van der Waals surface area contributed by atoms with Gasteiger partial charge in [-0.05, 0) is 38.5 Å². The summed E-state index contributed by atoms with van der Waals surface area (Å²) in [7, 11) is -3.36. The van der Waals surface area contributed by atoms with E-state index in [-0.39, 0.29) is 24.2 Å². The van der Waals surface area contributed by atoms with E-state index >= 15 is 0 Å². The maximum Gasteiger partial charge on any atom is 0.273 e. The summed E-state index contributed by atoms with van der Waals surface area (Å²) in [5.41, 5.74) is 2.39. The highest BCUT2D eigenvalue weighted by Crippen LogP contribution is 2.20. The molecule has 1 N–H and O–H groups in total. The maximum atomic E-state index is 13.6. The van der Waals surface area contributed by atoms with Gasteiger partial charge in [0, 0.05) is 44.7 Å². The van der Waals surface area contributed by atoms with Gasteiger partial charge in [-0.3, -0.25) is 4.79 Å². The van der Waals surface area contributed by atoms with E-state index in [0.717, 1.165) is 18.2 Å². The molecular formula is C18H24F2N4O3S. The first-order chi connectivity index (χ1) is 13.1. The number of amides is 1. The summed E-state index contributed by atoms with van der Waals surface area (Å²) >= 11 is 0. The fourth-order valence-corrected chi connectivity index (χ4v) is 3.99. The Labute approximate surface area is 163 Å². The second-order valence-corrected chi connectivity index (χ2v) is 9.05. The van der Waals surface area contributed by atoms with Gasteiger partial charge in [0.15, 0.2) is 0 Å². The van der Waals surface area contributed by atoms with Crippen LogP contribution in [-0.2, 0) is 14.8 Å². The van der Waals surface area contributed by atoms with Crippen LogP contribution in [0.4, 0.5) is 8.78 Å². The Kier molecular flexibility index (Phi) is 7.25. The minimum atomic E-state index is -3.36. The van der Waals surface area contributed by atoms with Gasteiger partial charge in [0.2, 0.25) is 10.0 Å². The van der Waals surface area contributed by atoms with E-state index in [0.29, 0.717) is 13.1 Å². The van der Waals surface area contributed by atoms with Crippen molar-refractivity contribution in [2.45, 2.75) is 26.0 Å². The summed E-state index contributed by atoms with van der Waals surface area (Å²) in [6.07, 6.45) is 2.85. The molecule has 154 valence electrons. The van der Waals surface area contributed by atoms with E-state index in [1.165, 1.54) is 16.7 Å². The molecule has 1 fully saturated rings. The van der Waals surface area contributed by atoms with Crippen LogP contribution in [0.3, 0.4) is 0 Å². The first-order valence-electron chi connectivity index (χ1n) is 8.84. The molecule has 0 saturated carbocycles. The molecular weight excluding hydrogens is 390 g/mol. The molecule has 10 heteroatoms. The van der Waals surface area contributed by atoms with Crippen LogP contribution in [0.25, 0.3) is 5.57 Å². The molecule has 1 aliphatic heterocycles. The lowest BCUT2D eigenvalue weighted by molar-refractivity contribution is -0.115. The smallest absolute Gasteiger partial charge is 0.273 e. The van der Waals surface area contributed by atoms with Crippen LogP contribution in [-0.4, -0.2) is 61.2 Å². The molecule has 1 aromatic rings. The Bertz CT molecular complexity index is 857. The summed E-state index contributed by atoms with van der Waals surface area (Å²) in [5.74, 6) is -2.23. The van der Waals surface area contributed by atoms with E-state index in [1.807, 2.05) is 0 Å². The zero-order valence-corrected chi connectivity index (χ0v) is 16.8. The Morgan fingerprint density at radius 2 is 1.71 bits per heavy atom. The van der Waals surface area contributed by atoms with Crippen molar-refractivity contribution in [3.05, 3.63) is 41.6 Å². The summed E-state index contributed by atoms with van der Waals surface area (Å²) < 4.78 is 53.2. The fraction of sp³-hybridized carbons (Fsp3) is 0.444. The molecule has 1 amide bonds. The summed E-state index contributed by atoms with van der Waals surface area (Å²) in [5, 5.41) is 3.15. The minimum Gasteiger partial charge on any atom is -0.374 e. The molecule has 7 nitrogen and oxygen atoms in total. The molecule has 0 bridgehead atoms. The lowest BCUT2D eigenvalue weighted by Gasteiger charge is -2.34. The molecule has 0 aliphatic carbocycles. The Morgan fingerprint density at radius 1 is 1.14 bits per heavy atom. The van der Waals surface area contributed by atoms with E-state index in [9.17, 15) is 22.0 Å². The number of sulfonamides is 1. The second kappa shape index (κ2) is 9.24. The van der Waals surface area contributed by atoms with Crippen LogP contribution in [0, 0.1) is 11.6 Å². The minimum absolute atomic E-state index is 0.0316. The van der Waals surface area contributed by atoms with E-state index in [4.69, 9.17) is 0 Å². The van der Waals surface area contributed by atoms with Crippen molar-refractivity contribution >= 4 is 27.7 Å². The highest BCUT2D eigenvalue weighted by molar-refractivity contribution is 7.89. The van der Waals surface area contributed by atoms with Crippen LogP contribution in [0.15, 0.2) is 29.5 Å². The maximum absolute atomic E-state index is 13.6. The fourth-order valence-electron chi connectivity index (χ4n) is 2.72. The molecule has 1 heterocycles. The SMILES string of the molecule is C/C=N\NC(=O)/C(=C/N1CCN(S(=O)(=O)C(C)C)CC1)c1cc(F)cc(F)c1. The predicted molar refractivity (Wildman–Crippen MR) is 104 cm³/mol. The molecule has 0 radical (unpaired) electrons. The summed E-state index contributed by atoms with van der Waals surface area (Å²) in [6, 6.07) is 2.84. The number of hydrazone groups is 1. The first-order valence-corrected chi connectivity index (χ1v) is 10.3. The standard InChI is InChI=1S/C18H24F2N4O3S/c1-4-21-22-18(25)17(14-9-15(19)11-16(20)10-14)12-23-5-7-24(8-6-23)28(26,27)13(2)3/h4,9-13H,5-8H2,1-3H3,(H,22,25)/b17-12+,21-4-. The van der Waals surface area contributed by atoms with E-state index in [2.05, 4.69) is 10.5 Å². The van der Waals surface area contributed by atoms with Gasteiger partial charge < -0.3 is 4.90 Å². The van der Waals surface area contributed by atoms with Gasteiger partial charge in [-0.15, -0.1) is 0 Å². The van der Waals surface area contributed by atoms with Crippen LogP contribution >= 0.6 is 0 Å². The number of rotatable bonds is 6. The van der Waals surface area contributed by atoms with Crippen LogP contribution in [0.5, 0.6) is 0 Å². The quantitative estimate of drug-likeness (QED) is 0.437. The van der Waals surface area contributed by atoms with E-state index in [1.54, 1.807) is 25.7 Å². The van der Waals surface area contributed by atoms with Crippen LogP contribution in [0.2, 0.25) is 0 Å². The molecule has 1 saturated heterocycles. The number of piperazine rings is 1. The Balaban J connectivity index is 2.27. The number of hydrogen-bond donors (Lipinski definition) is 1. The van der Waals surface area contributed by atoms with Gasteiger partial charge in [-0.1, -0.05) is 0 Å². The molecule has 0 aromatic heterocycles. The highest BCUT2D eigenvalue weighted by atomic mass is 32.2. The molecule has 1 aliphatic rings. The number of nitrogens with one attached hydrogen (secondary N) is 1. The van der Waals surface area contributed by atoms with Gasteiger partial charge in [-0.2, -0.15) is 9.41 Å². The average molecular weight is 414 g/mol. The molecule has 2 rings (SSSR count). The zero-order valence-electron chi connectivity index (χ0n) is 16.0. The van der Waals surface area contributed by atoms with Crippen molar-refractivity contribution in [1.82, 2.24) is 14.6 Å². The summed E-state index contributed by atoms with van der Waals surface area (Å²) in [6.45, 7) is 6.07. The zero-order chi connectivity index (χ0) is 20.9. The average Bonchev–Trinajstić information content (AvgIpc) is 2.63. The molecule has 0 spiro atoms. The number of carbonyl (C=O) groups is 1. The van der Waals surface area contributed by atoms with Crippen molar-refractivity contribution in [3.8, 4) is 0 Å². The van der Waals surface area contributed by atoms with Crippen molar-refractivity contribution in [2.75, 3.05) is 26.2 Å². The van der Waals surface area contributed by atoms with Crippen molar-refractivity contribution in [2.24, 2.45) is 5.10 Å². The molecule has 28 heavy (non-hydrogen) atoms. The highest BCUT2D eigenvalue weighted by Gasteiger charge is 2.29. The van der Waals surface area contributed by atoms with Crippen molar-refractivity contribution in [1.29, 1.82) is 0 Å². The molecule has 0 atom stereocenters. The number of benzene rings is 1. The van der Waals surface area contributed by atoms with Gasteiger partial charge >= 0.3 is 0 Å². The largest absolute Gasteiger partial charge is 0.374 e. The van der Waals surface area contributed by atoms with Crippen LogP contribution in [0.1, 0.15) is 26.3 Å². The number of halogens is 2. The third kappa shape index (κ3) is 5.35. The van der Waals surface area contributed by atoms with E-state index < -0.39 is 32.8 Å². The third-order valence-electron chi connectivity index (χ3n) is 4.25. The lowest BCUT2D eigenvalue weighted by atomic mass is 10.1. The van der Waals surface area contributed by atoms with Gasteiger partial charge in [0.05, 0.1) is 10.8 Å². The van der Waals surface area contributed by atoms with Crippen molar-refractivity contribution in [3.63, 3.8) is 0 Å². The van der Waals surface area contributed by atoms with Gasteiger partial charge in [0.25, 0.3) is 5.91 Å². The molecule has 1 aromatic carbocycles.